The zero-order valence-corrected chi connectivity index (χ0v) is 14.0. The molecule has 0 N–H and O–H groups in total. The van der Waals surface area contributed by atoms with E-state index in [-0.39, 0.29) is 6.04 Å². The number of hydrogen-bond acceptors (Lipinski definition) is 6. The summed E-state index contributed by atoms with van der Waals surface area (Å²) in [6.45, 7) is 6.03. The van der Waals surface area contributed by atoms with Crippen LogP contribution in [0.4, 0.5) is 5.95 Å². The van der Waals surface area contributed by atoms with Gasteiger partial charge in [-0.25, -0.2) is 9.97 Å². The molecule has 0 aliphatic carbocycles. The van der Waals surface area contributed by atoms with E-state index in [0.29, 0.717) is 11.9 Å². The number of likely N-dealkylation sites (tertiary alicyclic amines) is 1. The highest BCUT2D eigenvalue weighted by Crippen LogP contribution is 2.25. The van der Waals surface area contributed by atoms with Gasteiger partial charge in [0.05, 0.1) is 6.04 Å². The predicted molar refractivity (Wildman–Crippen MR) is 89.8 cm³/mol. The molecule has 1 atom stereocenters. The second-order valence-corrected chi connectivity index (χ2v) is 6.75. The SMILES string of the molecule is O=C1C(N2CCN(c3ncccn3)CC2)CCN1C1CCOCC1. The van der Waals surface area contributed by atoms with Crippen LogP contribution in [0.5, 0.6) is 0 Å². The lowest BCUT2D eigenvalue weighted by Crippen LogP contribution is -2.53. The molecule has 130 valence electrons. The Morgan fingerprint density at radius 2 is 1.67 bits per heavy atom. The molecule has 0 bridgehead atoms. The Morgan fingerprint density at radius 1 is 0.958 bits per heavy atom. The van der Waals surface area contributed by atoms with E-state index in [4.69, 9.17) is 4.74 Å². The number of aromatic nitrogens is 2. The Balaban J connectivity index is 1.33. The number of hydrogen-bond donors (Lipinski definition) is 0. The quantitative estimate of drug-likeness (QED) is 0.798. The molecule has 1 amide bonds. The number of piperazine rings is 1. The number of carbonyl (C=O) groups is 1. The summed E-state index contributed by atoms with van der Waals surface area (Å²) in [5.41, 5.74) is 0. The van der Waals surface area contributed by atoms with Gasteiger partial charge in [-0.2, -0.15) is 0 Å². The molecule has 7 heteroatoms. The van der Waals surface area contributed by atoms with E-state index in [1.807, 2.05) is 6.07 Å². The zero-order valence-electron chi connectivity index (χ0n) is 14.0. The molecule has 24 heavy (non-hydrogen) atoms. The number of anilines is 1. The lowest BCUT2D eigenvalue weighted by molar-refractivity contribution is -0.135. The summed E-state index contributed by atoms with van der Waals surface area (Å²) in [5.74, 6) is 1.12. The van der Waals surface area contributed by atoms with Crippen molar-refractivity contribution < 1.29 is 9.53 Å². The summed E-state index contributed by atoms with van der Waals surface area (Å²) in [7, 11) is 0. The predicted octanol–water partition coefficient (Wildman–Crippen LogP) is 0.378. The Labute approximate surface area is 142 Å². The van der Waals surface area contributed by atoms with Crippen molar-refractivity contribution in [2.45, 2.75) is 31.3 Å². The monoisotopic (exact) mass is 331 g/mol. The van der Waals surface area contributed by atoms with E-state index in [1.54, 1.807) is 12.4 Å². The van der Waals surface area contributed by atoms with E-state index < -0.39 is 0 Å². The van der Waals surface area contributed by atoms with Crippen LogP contribution < -0.4 is 4.90 Å². The van der Waals surface area contributed by atoms with E-state index >= 15 is 0 Å². The van der Waals surface area contributed by atoms with Crippen LogP contribution in [0.3, 0.4) is 0 Å². The smallest absolute Gasteiger partial charge is 0.240 e. The standard InChI is InChI=1S/C17H25N5O2/c23-16-15(2-7-22(16)14-3-12-24-13-4-14)20-8-10-21(11-9-20)17-18-5-1-6-19-17/h1,5-6,14-15H,2-4,7-13H2. The van der Waals surface area contributed by atoms with Crippen molar-refractivity contribution in [3.05, 3.63) is 18.5 Å². The number of amides is 1. The van der Waals surface area contributed by atoms with Gasteiger partial charge in [0.1, 0.15) is 0 Å². The second-order valence-electron chi connectivity index (χ2n) is 6.75. The molecule has 1 unspecified atom stereocenters. The van der Waals surface area contributed by atoms with Gasteiger partial charge in [-0.1, -0.05) is 0 Å². The first-order chi connectivity index (χ1) is 11.8. The average Bonchev–Trinajstić information content (AvgIpc) is 3.05. The van der Waals surface area contributed by atoms with Crippen LogP contribution in [0.2, 0.25) is 0 Å². The molecule has 3 aliphatic heterocycles. The van der Waals surface area contributed by atoms with Crippen LogP contribution in [0.1, 0.15) is 19.3 Å². The van der Waals surface area contributed by atoms with E-state index in [0.717, 1.165) is 71.1 Å². The maximum absolute atomic E-state index is 12.9. The molecular weight excluding hydrogens is 306 g/mol. The van der Waals surface area contributed by atoms with Crippen molar-refractivity contribution in [1.29, 1.82) is 0 Å². The molecule has 3 fully saturated rings. The van der Waals surface area contributed by atoms with Gasteiger partial charge in [0.25, 0.3) is 0 Å². The van der Waals surface area contributed by atoms with Crippen LogP contribution in [-0.2, 0) is 9.53 Å². The van der Waals surface area contributed by atoms with Crippen LogP contribution >= 0.6 is 0 Å². The average molecular weight is 331 g/mol. The maximum atomic E-state index is 12.9. The molecule has 0 aromatic carbocycles. The van der Waals surface area contributed by atoms with Crippen molar-refractivity contribution in [2.75, 3.05) is 50.8 Å². The van der Waals surface area contributed by atoms with E-state index in [2.05, 4.69) is 24.7 Å². The molecule has 7 nitrogen and oxygen atoms in total. The molecule has 0 radical (unpaired) electrons. The summed E-state index contributed by atoms with van der Waals surface area (Å²) >= 11 is 0. The minimum Gasteiger partial charge on any atom is -0.381 e. The number of rotatable bonds is 3. The third-order valence-electron chi connectivity index (χ3n) is 5.43. The molecule has 0 saturated carbocycles. The Kier molecular flexibility index (Phi) is 4.62. The van der Waals surface area contributed by atoms with Crippen molar-refractivity contribution in [2.24, 2.45) is 0 Å². The number of ether oxygens (including phenoxy) is 1. The van der Waals surface area contributed by atoms with Gasteiger partial charge >= 0.3 is 0 Å². The summed E-state index contributed by atoms with van der Waals surface area (Å²) in [6.07, 6.45) is 6.48. The molecule has 3 saturated heterocycles. The molecule has 4 rings (SSSR count). The van der Waals surface area contributed by atoms with Crippen LogP contribution in [0, 0.1) is 0 Å². The normalized spacial score (nSPS) is 27.0. The van der Waals surface area contributed by atoms with Gasteiger partial charge in [-0.3, -0.25) is 9.69 Å². The van der Waals surface area contributed by atoms with Crippen LogP contribution in [-0.4, -0.2) is 83.7 Å². The van der Waals surface area contributed by atoms with Crippen molar-refractivity contribution in [3.63, 3.8) is 0 Å². The fourth-order valence-corrected chi connectivity index (χ4v) is 4.07. The minimum atomic E-state index is 0.0617. The summed E-state index contributed by atoms with van der Waals surface area (Å²) < 4.78 is 5.43. The fraction of sp³-hybridized carbons (Fsp3) is 0.706. The highest BCUT2D eigenvalue weighted by molar-refractivity contribution is 5.84. The Bertz CT molecular complexity index is 555. The summed E-state index contributed by atoms with van der Waals surface area (Å²) in [4.78, 5) is 28.2. The first-order valence-electron chi connectivity index (χ1n) is 8.97. The van der Waals surface area contributed by atoms with Crippen molar-refractivity contribution in [1.82, 2.24) is 19.8 Å². The van der Waals surface area contributed by atoms with Crippen molar-refractivity contribution in [3.8, 4) is 0 Å². The number of nitrogens with zero attached hydrogens (tertiary/aromatic N) is 5. The van der Waals surface area contributed by atoms with Gasteiger partial charge in [-0.15, -0.1) is 0 Å². The molecule has 1 aromatic heterocycles. The molecule has 3 aliphatic rings. The van der Waals surface area contributed by atoms with Gasteiger partial charge in [0.2, 0.25) is 11.9 Å². The topological polar surface area (TPSA) is 61.8 Å². The first-order valence-corrected chi connectivity index (χ1v) is 8.97. The largest absolute Gasteiger partial charge is 0.381 e. The second kappa shape index (κ2) is 7.03. The molecule has 1 aromatic rings. The molecule has 4 heterocycles. The molecular formula is C17H25N5O2. The highest BCUT2D eigenvalue weighted by atomic mass is 16.5. The van der Waals surface area contributed by atoms with E-state index in [1.165, 1.54) is 0 Å². The third-order valence-corrected chi connectivity index (χ3v) is 5.43. The van der Waals surface area contributed by atoms with Gasteiger partial charge in [-0.05, 0) is 25.3 Å². The Morgan fingerprint density at radius 3 is 2.38 bits per heavy atom. The van der Waals surface area contributed by atoms with Gasteiger partial charge < -0.3 is 14.5 Å². The lowest BCUT2D eigenvalue weighted by atomic mass is 10.1. The van der Waals surface area contributed by atoms with E-state index in [9.17, 15) is 4.79 Å². The fourth-order valence-electron chi connectivity index (χ4n) is 4.07. The van der Waals surface area contributed by atoms with Crippen LogP contribution in [0.25, 0.3) is 0 Å². The van der Waals surface area contributed by atoms with Crippen LogP contribution in [0.15, 0.2) is 18.5 Å². The molecule has 0 spiro atoms. The third kappa shape index (κ3) is 3.10. The number of carbonyl (C=O) groups excluding carboxylic acids is 1. The maximum Gasteiger partial charge on any atom is 0.240 e. The minimum absolute atomic E-state index is 0.0617. The first kappa shape index (κ1) is 15.8. The summed E-state index contributed by atoms with van der Waals surface area (Å²) in [5, 5.41) is 0. The van der Waals surface area contributed by atoms with Crippen molar-refractivity contribution >= 4 is 11.9 Å². The van der Waals surface area contributed by atoms with Gasteiger partial charge in [0, 0.05) is 64.4 Å². The lowest BCUT2D eigenvalue weighted by Gasteiger charge is -2.38. The summed E-state index contributed by atoms with van der Waals surface area (Å²) in [6, 6.07) is 2.28. The zero-order chi connectivity index (χ0) is 16.4. The Hall–Kier alpha value is -1.73. The van der Waals surface area contributed by atoms with Gasteiger partial charge in [0.15, 0.2) is 0 Å². The highest BCUT2D eigenvalue weighted by Gasteiger charge is 2.40.